The second-order valence-electron chi connectivity index (χ2n) is 5.57. The lowest BCUT2D eigenvalue weighted by molar-refractivity contribution is -0.149. The number of benzene rings is 1. The van der Waals surface area contributed by atoms with Crippen molar-refractivity contribution in [1.29, 1.82) is 0 Å². The van der Waals surface area contributed by atoms with Crippen LogP contribution in [0.25, 0.3) is 0 Å². The summed E-state index contributed by atoms with van der Waals surface area (Å²) in [5.41, 5.74) is -0.753. The lowest BCUT2D eigenvalue weighted by Gasteiger charge is -2.32. The predicted molar refractivity (Wildman–Crippen MR) is 79.8 cm³/mol. The number of carbonyl (C=O) groups excluding carboxylic acids is 1. The third-order valence-corrected chi connectivity index (χ3v) is 3.02. The summed E-state index contributed by atoms with van der Waals surface area (Å²) in [4.78, 5) is 12.0. The summed E-state index contributed by atoms with van der Waals surface area (Å²) in [5, 5.41) is 3.27. The van der Waals surface area contributed by atoms with Crippen molar-refractivity contribution < 1.29 is 14.3 Å². The molecule has 4 heteroatoms. The van der Waals surface area contributed by atoms with Crippen molar-refractivity contribution in [2.24, 2.45) is 0 Å². The molecule has 0 aliphatic carbocycles. The van der Waals surface area contributed by atoms with Crippen molar-refractivity contribution in [3.05, 3.63) is 30.3 Å². The van der Waals surface area contributed by atoms with E-state index in [-0.39, 0.29) is 18.1 Å². The van der Waals surface area contributed by atoms with Gasteiger partial charge < -0.3 is 9.47 Å². The van der Waals surface area contributed by atoms with Crippen LogP contribution < -0.4 is 10.1 Å². The molecule has 0 saturated heterocycles. The molecule has 0 fully saturated rings. The van der Waals surface area contributed by atoms with Gasteiger partial charge >= 0.3 is 5.97 Å². The Balaban J connectivity index is 2.71. The molecule has 1 aromatic carbocycles. The molecule has 1 rings (SSSR count). The van der Waals surface area contributed by atoms with Crippen LogP contribution in [0.4, 0.5) is 0 Å². The Labute approximate surface area is 121 Å². The molecule has 0 heterocycles. The third-order valence-electron chi connectivity index (χ3n) is 3.02. The number of para-hydroxylation sites is 1. The fourth-order valence-electron chi connectivity index (χ4n) is 2.41. The van der Waals surface area contributed by atoms with E-state index in [1.54, 1.807) is 0 Å². The average molecular weight is 279 g/mol. The number of methoxy groups -OCH3 is 1. The molecule has 0 spiro atoms. The number of esters is 1. The maximum atomic E-state index is 12.0. The molecule has 0 aliphatic heterocycles. The minimum Gasteiger partial charge on any atom is -0.491 e. The van der Waals surface area contributed by atoms with Crippen LogP contribution in [0.1, 0.15) is 34.1 Å². The molecule has 112 valence electrons. The average Bonchev–Trinajstić information content (AvgIpc) is 2.37. The van der Waals surface area contributed by atoms with Crippen LogP contribution in [0.15, 0.2) is 30.3 Å². The summed E-state index contributed by atoms with van der Waals surface area (Å²) in [6, 6.07) is 9.78. The quantitative estimate of drug-likeness (QED) is 0.780. The van der Waals surface area contributed by atoms with Gasteiger partial charge in [0.2, 0.25) is 0 Å². The van der Waals surface area contributed by atoms with E-state index < -0.39 is 5.54 Å². The minimum absolute atomic E-state index is 0.104. The van der Waals surface area contributed by atoms with Crippen LogP contribution in [-0.2, 0) is 9.53 Å². The molecule has 2 atom stereocenters. The Bertz CT molecular complexity index is 419. The number of hydrogen-bond donors (Lipinski definition) is 1. The molecule has 4 nitrogen and oxygen atoms in total. The van der Waals surface area contributed by atoms with Crippen LogP contribution in [-0.4, -0.2) is 30.8 Å². The molecule has 0 saturated carbocycles. The van der Waals surface area contributed by atoms with Gasteiger partial charge in [-0.3, -0.25) is 10.1 Å². The number of rotatable bonds is 7. The number of carbonyl (C=O) groups is 1. The number of nitrogens with one attached hydrogen (secondary N) is 1. The largest absolute Gasteiger partial charge is 0.491 e. The first-order valence-corrected chi connectivity index (χ1v) is 6.95. The summed E-state index contributed by atoms with van der Waals surface area (Å²) in [7, 11) is 1.41. The number of hydrogen-bond acceptors (Lipinski definition) is 4. The maximum absolute atomic E-state index is 12.0. The van der Waals surface area contributed by atoms with E-state index in [0.717, 1.165) is 5.75 Å². The van der Waals surface area contributed by atoms with Crippen molar-refractivity contribution >= 4 is 5.97 Å². The molecule has 1 aromatic rings. The smallest absolute Gasteiger partial charge is 0.325 e. The lowest BCUT2D eigenvalue weighted by Crippen LogP contribution is -2.54. The van der Waals surface area contributed by atoms with Crippen LogP contribution >= 0.6 is 0 Å². The Morgan fingerprint density at radius 2 is 1.85 bits per heavy atom. The zero-order valence-electron chi connectivity index (χ0n) is 13.0. The first-order chi connectivity index (χ1) is 9.37. The van der Waals surface area contributed by atoms with E-state index >= 15 is 0 Å². The zero-order valence-corrected chi connectivity index (χ0v) is 13.0. The van der Waals surface area contributed by atoms with Gasteiger partial charge in [0.1, 0.15) is 11.3 Å². The number of ether oxygens (including phenoxy) is 2. The van der Waals surface area contributed by atoms with Crippen LogP contribution in [0.3, 0.4) is 0 Å². The van der Waals surface area contributed by atoms with E-state index in [0.29, 0.717) is 6.42 Å². The molecule has 0 radical (unpaired) electrons. The van der Waals surface area contributed by atoms with Crippen molar-refractivity contribution in [3.63, 3.8) is 0 Å². The van der Waals surface area contributed by atoms with Crippen molar-refractivity contribution in [1.82, 2.24) is 5.32 Å². The third kappa shape index (κ3) is 4.85. The molecule has 0 bridgehead atoms. The Morgan fingerprint density at radius 1 is 1.25 bits per heavy atom. The maximum Gasteiger partial charge on any atom is 0.325 e. The molecule has 0 aliphatic rings. The van der Waals surface area contributed by atoms with Crippen molar-refractivity contribution in [2.45, 2.75) is 51.8 Å². The van der Waals surface area contributed by atoms with Gasteiger partial charge in [-0.15, -0.1) is 0 Å². The molecule has 2 unspecified atom stereocenters. The Hall–Kier alpha value is -1.55. The minimum atomic E-state index is -0.753. The highest BCUT2D eigenvalue weighted by molar-refractivity contribution is 5.80. The van der Waals surface area contributed by atoms with Crippen LogP contribution in [0.5, 0.6) is 5.75 Å². The van der Waals surface area contributed by atoms with E-state index in [2.05, 4.69) is 5.32 Å². The highest BCUT2D eigenvalue weighted by Crippen LogP contribution is 2.20. The van der Waals surface area contributed by atoms with Crippen LogP contribution in [0, 0.1) is 0 Å². The standard InChI is InChI=1S/C16H25NO3/c1-12(2)17-16(4,15(18)19-5)11-13(3)20-14-9-7-6-8-10-14/h6-10,12-13,17H,11H2,1-5H3. The van der Waals surface area contributed by atoms with Gasteiger partial charge in [0.25, 0.3) is 0 Å². The first-order valence-electron chi connectivity index (χ1n) is 6.95. The summed E-state index contributed by atoms with van der Waals surface area (Å²) < 4.78 is 10.7. The lowest BCUT2D eigenvalue weighted by atomic mass is 9.93. The molecule has 20 heavy (non-hydrogen) atoms. The van der Waals surface area contributed by atoms with Gasteiger partial charge in [-0.25, -0.2) is 0 Å². The fourth-order valence-corrected chi connectivity index (χ4v) is 2.41. The second-order valence-corrected chi connectivity index (χ2v) is 5.57. The molecular formula is C16H25NO3. The van der Waals surface area contributed by atoms with Gasteiger partial charge in [-0.2, -0.15) is 0 Å². The Kier molecular flexibility index (Phi) is 6.02. The van der Waals surface area contributed by atoms with Gasteiger partial charge in [-0.1, -0.05) is 18.2 Å². The van der Waals surface area contributed by atoms with Crippen LogP contribution in [0.2, 0.25) is 0 Å². The zero-order chi connectivity index (χ0) is 15.2. The van der Waals surface area contributed by atoms with Crippen molar-refractivity contribution in [2.75, 3.05) is 7.11 Å². The van der Waals surface area contributed by atoms with Gasteiger partial charge in [0.05, 0.1) is 13.2 Å². The van der Waals surface area contributed by atoms with E-state index in [4.69, 9.17) is 9.47 Å². The van der Waals surface area contributed by atoms with Gasteiger partial charge in [0.15, 0.2) is 0 Å². The molecule has 1 N–H and O–H groups in total. The normalized spacial score (nSPS) is 15.5. The van der Waals surface area contributed by atoms with E-state index in [1.165, 1.54) is 7.11 Å². The molecule has 0 amide bonds. The second kappa shape index (κ2) is 7.29. The monoisotopic (exact) mass is 279 g/mol. The molecule has 0 aromatic heterocycles. The highest BCUT2D eigenvalue weighted by Gasteiger charge is 2.36. The Morgan fingerprint density at radius 3 is 2.35 bits per heavy atom. The molecular weight excluding hydrogens is 254 g/mol. The summed E-state index contributed by atoms with van der Waals surface area (Å²) in [6.45, 7) is 7.81. The predicted octanol–water partition coefficient (Wildman–Crippen LogP) is 2.77. The SMILES string of the molecule is COC(=O)C(C)(CC(C)Oc1ccccc1)NC(C)C. The summed E-state index contributed by atoms with van der Waals surface area (Å²) in [6.07, 6.45) is 0.431. The fraction of sp³-hybridized carbons (Fsp3) is 0.562. The van der Waals surface area contributed by atoms with Gasteiger partial charge in [0, 0.05) is 12.5 Å². The van der Waals surface area contributed by atoms with Crippen molar-refractivity contribution in [3.8, 4) is 5.75 Å². The highest BCUT2D eigenvalue weighted by atomic mass is 16.5. The summed E-state index contributed by atoms with van der Waals surface area (Å²) in [5.74, 6) is 0.534. The van der Waals surface area contributed by atoms with Gasteiger partial charge in [-0.05, 0) is 39.8 Å². The first kappa shape index (κ1) is 16.5. The topological polar surface area (TPSA) is 47.6 Å². The van der Waals surface area contributed by atoms with E-state index in [9.17, 15) is 4.79 Å². The summed E-state index contributed by atoms with van der Waals surface area (Å²) >= 11 is 0. The van der Waals surface area contributed by atoms with E-state index in [1.807, 2.05) is 58.0 Å².